The fourth-order valence-corrected chi connectivity index (χ4v) is 13.4. The Bertz CT molecular complexity index is 4450. The highest BCUT2D eigenvalue weighted by atomic mass is 15.0. The van der Waals surface area contributed by atoms with Crippen LogP contribution in [0.15, 0.2) is 206 Å². The van der Waals surface area contributed by atoms with Crippen molar-refractivity contribution in [3.05, 3.63) is 245 Å². The van der Waals surface area contributed by atoms with Gasteiger partial charge in [-0.15, -0.1) is 0 Å². The molecular formula is C70H46N4. The molecule has 0 atom stereocenters. The third-order valence-corrected chi connectivity index (χ3v) is 17.0. The number of aromatic nitrogens is 2. The number of nitrogens with zero attached hydrogens (tertiary/aromatic N) is 4. The van der Waals surface area contributed by atoms with Crippen LogP contribution in [0, 0.1) is 17.9 Å². The lowest BCUT2D eigenvalue weighted by Gasteiger charge is -2.21. The Morgan fingerprint density at radius 1 is 0.392 bits per heavy atom. The molecule has 13 aromatic rings. The van der Waals surface area contributed by atoms with Crippen molar-refractivity contribution in [2.45, 2.75) is 38.5 Å². The lowest BCUT2D eigenvalue weighted by molar-refractivity contribution is 0.660. The van der Waals surface area contributed by atoms with Gasteiger partial charge in [-0.05, 0) is 149 Å². The molecule has 0 fully saturated rings. The maximum atomic E-state index is 11.3. The molecule has 0 aliphatic heterocycles. The van der Waals surface area contributed by atoms with Crippen molar-refractivity contribution in [3.8, 4) is 62.0 Å². The lowest BCUT2D eigenvalue weighted by Crippen LogP contribution is -2.14. The van der Waals surface area contributed by atoms with Gasteiger partial charge in [0.1, 0.15) is 6.07 Å². The molecule has 0 saturated carbocycles. The summed E-state index contributed by atoms with van der Waals surface area (Å²) in [6.07, 6.45) is 0. The summed E-state index contributed by atoms with van der Waals surface area (Å²) >= 11 is 0. The van der Waals surface area contributed by atoms with E-state index in [1.54, 1.807) is 0 Å². The van der Waals surface area contributed by atoms with Gasteiger partial charge in [0.25, 0.3) is 0 Å². The molecule has 0 N–H and O–H groups in total. The normalized spacial score (nSPS) is 13.9. The van der Waals surface area contributed by atoms with Gasteiger partial charge in [0.15, 0.2) is 0 Å². The average Bonchev–Trinajstić information content (AvgIpc) is 4.11. The van der Waals surface area contributed by atoms with Crippen LogP contribution in [0.2, 0.25) is 0 Å². The molecule has 2 heterocycles. The zero-order chi connectivity index (χ0) is 49.8. The quantitative estimate of drug-likeness (QED) is 0.162. The minimum atomic E-state index is -0.0761. The highest BCUT2D eigenvalue weighted by Crippen LogP contribution is 2.52. The van der Waals surface area contributed by atoms with E-state index in [0.29, 0.717) is 22.6 Å². The van der Waals surface area contributed by atoms with E-state index in [1.807, 2.05) is 12.1 Å². The Balaban J connectivity index is 0.931. The predicted molar refractivity (Wildman–Crippen MR) is 307 cm³/mol. The minimum absolute atomic E-state index is 0.0758. The zero-order valence-corrected chi connectivity index (χ0v) is 41.4. The Labute approximate surface area is 429 Å². The Kier molecular flexibility index (Phi) is 8.58. The highest BCUT2D eigenvalue weighted by Gasteiger charge is 2.36. The van der Waals surface area contributed by atoms with E-state index < -0.39 is 0 Å². The van der Waals surface area contributed by atoms with Crippen LogP contribution in [0.1, 0.15) is 55.5 Å². The van der Waals surface area contributed by atoms with Gasteiger partial charge in [-0.1, -0.05) is 173 Å². The van der Waals surface area contributed by atoms with Gasteiger partial charge in [-0.25, -0.2) is 4.85 Å². The van der Waals surface area contributed by atoms with Gasteiger partial charge < -0.3 is 9.13 Å². The SMILES string of the molecule is [C-]#[N+]c1cc(-n2c3ccc(-c4ccc5c(c4)-c4ccccc4C5(C)C)cc3c3c4ccccc4ccc32)c(C#N)cc1-n1c2ccc(-c3ccc4c(c3)-c3ccccc3C4(C)C)cc2c2c3ccccc3ccc21. The molecule has 0 spiro atoms. The first kappa shape index (κ1) is 42.2. The Morgan fingerprint density at radius 3 is 1.31 bits per heavy atom. The third kappa shape index (κ3) is 5.66. The molecule has 4 heteroatoms. The second-order valence-electron chi connectivity index (χ2n) is 21.4. The van der Waals surface area contributed by atoms with Crippen molar-refractivity contribution >= 4 is 70.8 Å². The number of nitriles is 1. The summed E-state index contributed by atoms with van der Waals surface area (Å²) in [6, 6.07) is 77.3. The van der Waals surface area contributed by atoms with E-state index in [-0.39, 0.29) is 10.8 Å². The maximum Gasteiger partial charge on any atom is 0.212 e. The van der Waals surface area contributed by atoms with Gasteiger partial charge >= 0.3 is 0 Å². The lowest BCUT2D eigenvalue weighted by atomic mass is 9.82. The van der Waals surface area contributed by atoms with E-state index in [4.69, 9.17) is 6.57 Å². The second kappa shape index (κ2) is 15.0. The molecule has 2 aliphatic rings. The summed E-state index contributed by atoms with van der Waals surface area (Å²) in [6.45, 7) is 18.2. The standard InChI is InChI=1S/C70H46N4/c1-69(2)56-20-12-10-18-50(56)52-34-43(22-28-58(52)69)45-26-30-61-54(36-45)67-48-16-8-6-14-41(48)24-32-63(67)73(61)65-39-60(72-5)66(38-47(65)40-71)74-62-31-27-46(37-55(62)68-49-17-9-7-15-42(49)25-33-64(68)74)44-23-29-59-53(35-44)51-19-11-13-21-57(51)70(59,3)4/h6-39H,1-4H3. The first-order valence-corrected chi connectivity index (χ1v) is 25.5. The molecular weight excluding hydrogens is 897 g/mol. The first-order valence-electron chi connectivity index (χ1n) is 25.5. The van der Waals surface area contributed by atoms with Crippen LogP contribution < -0.4 is 0 Å². The monoisotopic (exact) mass is 942 g/mol. The average molecular weight is 943 g/mol. The van der Waals surface area contributed by atoms with E-state index in [1.165, 1.54) is 44.5 Å². The molecule has 0 unspecified atom stereocenters. The predicted octanol–water partition coefficient (Wildman–Crippen LogP) is 18.6. The van der Waals surface area contributed by atoms with Crippen LogP contribution in [-0.2, 0) is 10.8 Å². The van der Waals surface area contributed by atoms with E-state index in [9.17, 15) is 5.26 Å². The van der Waals surface area contributed by atoms with Gasteiger partial charge in [0.05, 0.1) is 45.6 Å². The fraction of sp³-hybridized carbons (Fsp3) is 0.0857. The summed E-state index contributed by atoms with van der Waals surface area (Å²) in [5.41, 5.74) is 21.2. The van der Waals surface area contributed by atoms with Crippen molar-refractivity contribution in [3.63, 3.8) is 0 Å². The summed E-state index contributed by atoms with van der Waals surface area (Å²) in [7, 11) is 0. The third-order valence-electron chi connectivity index (χ3n) is 17.0. The number of benzene rings is 11. The van der Waals surface area contributed by atoms with Crippen molar-refractivity contribution < 1.29 is 0 Å². The summed E-state index contributed by atoms with van der Waals surface area (Å²) in [4.78, 5) is 4.30. The van der Waals surface area contributed by atoms with Crippen molar-refractivity contribution in [2.24, 2.45) is 0 Å². The number of rotatable bonds is 4. The van der Waals surface area contributed by atoms with Crippen molar-refractivity contribution in [1.82, 2.24) is 9.13 Å². The van der Waals surface area contributed by atoms with E-state index in [2.05, 4.69) is 242 Å². The molecule has 11 aromatic carbocycles. The molecule has 4 nitrogen and oxygen atoms in total. The van der Waals surface area contributed by atoms with Crippen molar-refractivity contribution in [1.29, 1.82) is 5.26 Å². The molecule has 15 rings (SSSR count). The van der Waals surface area contributed by atoms with Crippen LogP contribution in [0.3, 0.4) is 0 Å². The minimum Gasteiger partial charge on any atom is -0.319 e. The molecule has 2 aromatic heterocycles. The Hall–Kier alpha value is -9.48. The van der Waals surface area contributed by atoms with Gasteiger partial charge in [0, 0.05) is 32.4 Å². The zero-order valence-electron chi connectivity index (χ0n) is 41.4. The topological polar surface area (TPSA) is 38.0 Å². The van der Waals surface area contributed by atoms with Crippen LogP contribution in [-0.4, -0.2) is 9.13 Å². The molecule has 0 bridgehead atoms. The van der Waals surface area contributed by atoms with Gasteiger partial charge in [-0.3, -0.25) is 0 Å². The largest absolute Gasteiger partial charge is 0.319 e. The maximum absolute atomic E-state index is 11.3. The molecule has 74 heavy (non-hydrogen) atoms. The van der Waals surface area contributed by atoms with E-state index in [0.717, 1.165) is 87.4 Å². The summed E-state index contributed by atoms with van der Waals surface area (Å²) in [5.74, 6) is 0. The number of hydrogen-bond donors (Lipinski definition) is 0. The molecule has 0 amide bonds. The van der Waals surface area contributed by atoms with E-state index >= 15 is 0 Å². The van der Waals surface area contributed by atoms with Gasteiger partial charge in [-0.2, -0.15) is 5.26 Å². The van der Waals surface area contributed by atoms with Gasteiger partial charge in [0.2, 0.25) is 5.69 Å². The highest BCUT2D eigenvalue weighted by molar-refractivity contribution is 6.23. The van der Waals surface area contributed by atoms with Crippen LogP contribution in [0.4, 0.5) is 5.69 Å². The number of hydrogen-bond acceptors (Lipinski definition) is 1. The molecule has 0 saturated heterocycles. The molecule has 2 aliphatic carbocycles. The van der Waals surface area contributed by atoms with Crippen LogP contribution >= 0.6 is 0 Å². The fourth-order valence-electron chi connectivity index (χ4n) is 13.4. The summed E-state index contributed by atoms with van der Waals surface area (Å²) in [5, 5.41) is 20.3. The first-order chi connectivity index (χ1) is 36.1. The molecule has 346 valence electrons. The summed E-state index contributed by atoms with van der Waals surface area (Å²) < 4.78 is 4.42. The van der Waals surface area contributed by atoms with Crippen molar-refractivity contribution in [2.75, 3.05) is 0 Å². The Morgan fingerprint density at radius 2 is 0.811 bits per heavy atom. The smallest absolute Gasteiger partial charge is 0.212 e. The second-order valence-corrected chi connectivity index (χ2v) is 21.4. The van der Waals surface area contributed by atoms with Crippen LogP contribution in [0.5, 0.6) is 0 Å². The van der Waals surface area contributed by atoms with Crippen LogP contribution in [0.25, 0.3) is 126 Å². The molecule has 0 radical (unpaired) electrons. The number of fused-ring (bicyclic) bond motifs is 16.